The van der Waals surface area contributed by atoms with Crippen molar-refractivity contribution in [2.75, 3.05) is 36.4 Å². The summed E-state index contributed by atoms with van der Waals surface area (Å²) >= 11 is 0. The molecule has 5 rings (SSSR count). The van der Waals surface area contributed by atoms with Gasteiger partial charge < -0.3 is 10.2 Å². The normalized spacial score (nSPS) is 14.6. The summed E-state index contributed by atoms with van der Waals surface area (Å²) in [5, 5.41) is 11.7. The predicted molar refractivity (Wildman–Crippen MR) is 137 cm³/mol. The van der Waals surface area contributed by atoms with E-state index in [0.29, 0.717) is 42.7 Å². The van der Waals surface area contributed by atoms with Gasteiger partial charge in [-0.15, -0.1) is 10.2 Å². The van der Waals surface area contributed by atoms with Crippen LogP contribution in [0.1, 0.15) is 5.56 Å². The lowest BCUT2D eigenvalue weighted by molar-refractivity contribution is 0.383. The van der Waals surface area contributed by atoms with Crippen LogP contribution in [0.3, 0.4) is 0 Å². The molecule has 3 heterocycles. The van der Waals surface area contributed by atoms with Crippen molar-refractivity contribution in [3.05, 3.63) is 90.6 Å². The van der Waals surface area contributed by atoms with Gasteiger partial charge in [-0.25, -0.2) is 13.4 Å². The molecule has 2 aromatic heterocycles. The van der Waals surface area contributed by atoms with E-state index in [9.17, 15) is 8.42 Å². The summed E-state index contributed by atoms with van der Waals surface area (Å²) in [7, 11) is -3.56. The van der Waals surface area contributed by atoms with Gasteiger partial charge in [0.25, 0.3) is 0 Å². The monoisotopic (exact) mass is 486 g/mol. The minimum absolute atomic E-state index is 0.311. The summed E-state index contributed by atoms with van der Waals surface area (Å²) in [5.74, 6) is 2.02. The minimum atomic E-state index is -3.56. The van der Waals surface area contributed by atoms with Crippen molar-refractivity contribution in [2.45, 2.75) is 11.8 Å². The van der Waals surface area contributed by atoms with Gasteiger partial charge in [-0.3, -0.25) is 0 Å². The number of anilines is 3. The second kappa shape index (κ2) is 9.81. The SMILES string of the molecule is Cc1ccc(Nc2ccc(N3CCN(S(=O)(=O)c4ccc(-c5ccccc5)cc4)CC3)nn2)nc1. The van der Waals surface area contributed by atoms with Crippen molar-refractivity contribution in [1.82, 2.24) is 19.5 Å². The van der Waals surface area contributed by atoms with Crippen LogP contribution in [-0.2, 0) is 10.0 Å². The molecule has 0 unspecified atom stereocenters. The van der Waals surface area contributed by atoms with Crippen molar-refractivity contribution in [2.24, 2.45) is 0 Å². The molecule has 0 amide bonds. The number of sulfonamides is 1. The Hall–Kier alpha value is -3.82. The van der Waals surface area contributed by atoms with Gasteiger partial charge in [0, 0.05) is 32.4 Å². The molecule has 1 saturated heterocycles. The van der Waals surface area contributed by atoms with E-state index in [4.69, 9.17) is 0 Å². The summed E-state index contributed by atoms with van der Waals surface area (Å²) in [6.07, 6.45) is 1.79. The zero-order valence-corrected chi connectivity index (χ0v) is 20.2. The molecule has 0 spiro atoms. The topological polar surface area (TPSA) is 91.3 Å². The first kappa shape index (κ1) is 22.9. The van der Waals surface area contributed by atoms with Gasteiger partial charge in [-0.1, -0.05) is 48.5 Å². The highest BCUT2D eigenvalue weighted by Gasteiger charge is 2.29. The number of rotatable bonds is 6. The van der Waals surface area contributed by atoms with Crippen molar-refractivity contribution in [3.8, 4) is 11.1 Å². The fraction of sp³-hybridized carbons (Fsp3) is 0.192. The highest BCUT2D eigenvalue weighted by atomic mass is 32.2. The number of nitrogens with zero attached hydrogens (tertiary/aromatic N) is 5. The Labute approximate surface area is 205 Å². The van der Waals surface area contributed by atoms with E-state index in [1.54, 1.807) is 18.3 Å². The van der Waals surface area contributed by atoms with Gasteiger partial charge >= 0.3 is 0 Å². The summed E-state index contributed by atoms with van der Waals surface area (Å²) in [5.41, 5.74) is 3.13. The third-order valence-corrected chi connectivity index (χ3v) is 7.89. The van der Waals surface area contributed by atoms with Crippen molar-refractivity contribution < 1.29 is 8.42 Å². The molecule has 0 atom stereocenters. The van der Waals surface area contributed by atoms with E-state index in [0.717, 1.165) is 22.5 Å². The lowest BCUT2D eigenvalue weighted by Crippen LogP contribution is -2.48. The number of hydrogen-bond donors (Lipinski definition) is 1. The Balaban J connectivity index is 1.20. The Bertz CT molecular complexity index is 1370. The highest BCUT2D eigenvalue weighted by Crippen LogP contribution is 2.24. The number of aromatic nitrogens is 3. The van der Waals surface area contributed by atoms with Crippen LogP contribution in [-0.4, -0.2) is 54.1 Å². The molecule has 1 N–H and O–H groups in total. The lowest BCUT2D eigenvalue weighted by Gasteiger charge is -2.34. The van der Waals surface area contributed by atoms with Gasteiger partial charge in [0.05, 0.1) is 4.90 Å². The molecule has 178 valence electrons. The van der Waals surface area contributed by atoms with E-state index in [-0.39, 0.29) is 0 Å². The number of pyridine rings is 1. The molecule has 0 bridgehead atoms. The average Bonchev–Trinajstić information content (AvgIpc) is 2.91. The number of nitrogens with one attached hydrogen (secondary N) is 1. The van der Waals surface area contributed by atoms with Crippen LogP contribution in [0.5, 0.6) is 0 Å². The van der Waals surface area contributed by atoms with Crippen LogP contribution in [0.15, 0.2) is 90.0 Å². The van der Waals surface area contributed by atoms with E-state index in [1.165, 1.54) is 4.31 Å². The van der Waals surface area contributed by atoms with Crippen LogP contribution in [0, 0.1) is 6.92 Å². The third kappa shape index (κ3) is 5.16. The maximum Gasteiger partial charge on any atom is 0.243 e. The Morgan fingerprint density at radius 3 is 2.06 bits per heavy atom. The van der Waals surface area contributed by atoms with Crippen LogP contribution >= 0.6 is 0 Å². The van der Waals surface area contributed by atoms with Crippen LogP contribution < -0.4 is 10.2 Å². The van der Waals surface area contributed by atoms with Crippen molar-refractivity contribution in [3.63, 3.8) is 0 Å². The number of aryl methyl sites for hydroxylation is 1. The van der Waals surface area contributed by atoms with E-state index in [2.05, 4.69) is 20.5 Å². The second-order valence-electron chi connectivity index (χ2n) is 8.40. The fourth-order valence-electron chi connectivity index (χ4n) is 3.99. The van der Waals surface area contributed by atoms with Gasteiger partial charge in [-0.05, 0) is 53.9 Å². The van der Waals surface area contributed by atoms with Crippen LogP contribution in [0.25, 0.3) is 11.1 Å². The molecule has 1 fully saturated rings. The maximum atomic E-state index is 13.2. The molecule has 4 aromatic rings. The zero-order chi connectivity index (χ0) is 24.3. The summed E-state index contributed by atoms with van der Waals surface area (Å²) < 4.78 is 27.9. The van der Waals surface area contributed by atoms with E-state index >= 15 is 0 Å². The summed E-state index contributed by atoms with van der Waals surface area (Å²) in [4.78, 5) is 6.67. The molecule has 1 aliphatic heterocycles. The lowest BCUT2D eigenvalue weighted by atomic mass is 10.1. The number of benzene rings is 2. The minimum Gasteiger partial charge on any atom is -0.352 e. The van der Waals surface area contributed by atoms with E-state index in [1.807, 2.05) is 78.6 Å². The second-order valence-corrected chi connectivity index (χ2v) is 10.3. The molecular formula is C26H26N6O2S. The first-order chi connectivity index (χ1) is 17.0. The first-order valence-electron chi connectivity index (χ1n) is 11.4. The van der Waals surface area contributed by atoms with Crippen molar-refractivity contribution >= 4 is 27.5 Å². The molecule has 0 saturated carbocycles. The van der Waals surface area contributed by atoms with Crippen LogP contribution in [0.2, 0.25) is 0 Å². The molecule has 1 aliphatic rings. The maximum absolute atomic E-state index is 13.2. The van der Waals surface area contributed by atoms with Gasteiger partial charge in [0.1, 0.15) is 5.82 Å². The molecule has 2 aromatic carbocycles. The highest BCUT2D eigenvalue weighted by molar-refractivity contribution is 7.89. The molecule has 0 aliphatic carbocycles. The number of hydrogen-bond acceptors (Lipinski definition) is 7. The molecule has 8 nitrogen and oxygen atoms in total. The van der Waals surface area contributed by atoms with Gasteiger partial charge in [0.2, 0.25) is 10.0 Å². The Kier molecular flexibility index (Phi) is 6.43. The summed E-state index contributed by atoms with van der Waals surface area (Å²) in [6.45, 7) is 3.85. The molecule has 0 radical (unpaired) electrons. The molecule has 35 heavy (non-hydrogen) atoms. The molecule has 9 heteroatoms. The average molecular weight is 487 g/mol. The van der Waals surface area contributed by atoms with E-state index < -0.39 is 10.0 Å². The quantitative estimate of drug-likeness (QED) is 0.439. The Morgan fingerprint density at radius 2 is 1.43 bits per heavy atom. The van der Waals surface area contributed by atoms with Crippen LogP contribution in [0.4, 0.5) is 17.5 Å². The van der Waals surface area contributed by atoms with Crippen molar-refractivity contribution in [1.29, 1.82) is 0 Å². The standard InChI is InChI=1S/C26H26N6O2S/c1-20-7-12-24(27-19-20)28-25-13-14-26(30-29-25)31-15-17-32(18-16-31)35(33,34)23-10-8-22(9-11-23)21-5-3-2-4-6-21/h2-14,19H,15-18H2,1H3,(H,27,28,29). The summed E-state index contributed by atoms with van der Waals surface area (Å²) in [6, 6.07) is 24.6. The first-order valence-corrected chi connectivity index (χ1v) is 12.9. The number of piperazine rings is 1. The smallest absolute Gasteiger partial charge is 0.243 e. The Morgan fingerprint density at radius 1 is 0.743 bits per heavy atom. The fourth-order valence-corrected chi connectivity index (χ4v) is 5.41. The van der Waals surface area contributed by atoms with Gasteiger partial charge in [0.15, 0.2) is 11.6 Å². The van der Waals surface area contributed by atoms with Gasteiger partial charge in [-0.2, -0.15) is 4.31 Å². The largest absolute Gasteiger partial charge is 0.352 e. The molecular weight excluding hydrogens is 460 g/mol. The third-order valence-electron chi connectivity index (χ3n) is 5.98. The zero-order valence-electron chi connectivity index (χ0n) is 19.4. The predicted octanol–water partition coefficient (Wildman–Crippen LogP) is 4.10.